The molecule has 0 saturated heterocycles. The van der Waals surface area contributed by atoms with Crippen molar-refractivity contribution < 1.29 is 0 Å². The van der Waals surface area contributed by atoms with E-state index >= 15 is 0 Å². The molecule has 0 radical (unpaired) electrons. The first-order valence-corrected chi connectivity index (χ1v) is 9.31. The molecule has 0 N–H and O–H groups in total. The highest BCUT2D eigenvalue weighted by molar-refractivity contribution is 14.1. The molecule has 1 nitrogen and oxygen atoms in total. The number of halogens is 2. The minimum atomic E-state index is 0.756. The van der Waals surface area contributed by atoms with Crippen molar-refractivity contribution in [2.24, 2.45) is 0 Å². The number of hydrogen-bond acceptors (Lipinski definition) is 1. The zero-order chi connectivity index (χ0) is 16.4. The molecule has 0 amide bonds. The van der Waals surface area contributed by atoms with Crippen molar-refractivity contribution in [1.82, 2.24) is 0 Å². The Kier molecular flexibility index (Phi) is 5.02. The Hall–Kier alpha value is -1.39. The monoisotopic (exact) mass is 521 g/mol. The minimum Gasteiger partial charge on any atom is -0.192 e. The van der Waals surface area contributed by atoms with Gasteiger partial charge in [0, 0.05) is 7.14 Å². The topological polar surface area (TPSA) is 23.8 Å². The van der Waals surface area contributed by atoms with E-state index in [9.17, 15) is 5.26 Å². The largest absolute Gasteiger partial charge is 0.192 e. The predicted molar refractivity (Wildman–Crippen MR) is 112 cm³/mol. The fourth-order valence-electron chi connectivity index (χ4n) is 2.45. The van der Waals surface area contributed by atoms with Gasteiger partial charge in [0.25, 0.3) is 0 Å². The van der Waals surface area contributed by atoms with E-state index in [1.54, 1.807) is 0 Å². The maximum atomic E-state index is 9.18. The zero-order valence-corrected chi connectivity index (χ0v) is 16.8. The average Bonchev–Trinajstić information content (AvgIpc) is 2.55. The Morgan fingerprint density at radius 3 is 1.52 bits per heavy atom. The smallest absolute Gasteiger partial charge is 0.101 e. The fraction of sp³-hybridized carbons (Fsp3) is 0.0500. The zero-order valence-electron chi connectivity index (χ0n) is 12.5. The molecule has 0 fully saturated rings. The fourth-order valence-corrected chi connectivity index (χ4v) is 4.46. The van der Waals surface area contributed by atoms with E-state index in [4.69, 9.17) is 0 Å². The third-order valence-electron chi connectivity index (χ3n) is 3.76. The summed E-state index contributed by atoms with van der Waals surface area (Å²) in [5.41, 5.74) is 6.78. The van der Waals surface area contributed by atoms with Crippen molar-refractivity contribution in [3.63, 3.8) is 0 Å². The summed E-state index contributed by atoms with van der Waals surface area (Å²) in [4.78, 5) is 0. The van der Waals surface area contributed by atoms with Crippen LogP contribution >= 0.6 is 45.2 Å². The van der Waals surface area contributed by atoms with E-state index in [-0.39, 0.29) is 0 Å². The Labute approximate surface area is 163 Å². The van der Waals surface area contributed by atoms with Crippen LogP contribution in [0.2, 0.25) is 0 Å². The number of rotatable bonds is 2. The average molecular weight is 521 g/mol. The highest BCUT2D eigenvalue weighted by atomic mass is 127. The van der Waals surface area contributed by atoms with Crippen molar-refractivity contribution in [1.29, 1.82) is 5.26 Å². The van der Waals surface area contributed by atoms with Gasteiger partial charge in [0.15, 0.2) is 0 Å². The number of benzene rings is 3. The number of aryl methyl sites for hydroxylation is 1. The Morgan fingerprint density at radius 1 is 0.696 bits per heavy atom. The number of hydrogen-bond donors (Lipinski definition) is 0. The van der Waals surface area contributed by atoms with Gasteiger partial charge in [-0.15, -0.1) is 0 Å². The van der Waals surface area contributed by atoms with Gasteiger partial charge in [0.05, 0.1) is 5.56 Å². The maximum absolute atomic E-state index is 9.18. The molecule has 3 aromatic rings. The van der Waals surface area contributed by atoms with Crippen LogP contribution < -0.4 is 0 Å². The number of nitrogens with zero attached hydrogens (tertiary/aromatic N) is 1. The molecule has 112 valence electrons. The van der Waals surface area contributed by atoms with Crippen molar-refractivity contribution in [2.45, 2.75) is 6.92 Å². The van der Waals surface area contributed by atoms with E-state index in [0.717, 1.165) is 18.3 Å². The summed E-state index contributed by atoms with van der Waals surface area (Å²) in [6, 6.07) is 23.6. The van der Waals surface area contributed by atoms with E-state index < -0.39 is 0 Å². The van der Waals surface area contributed by atoms with Crippen LogP contribution in [0.25, 0.3) is 22.3 Å². The maximum Gasteiger partial charge on any atom is 0.101 e. The third-order valence-corrected chi connectivity index (χ3v) is 5.46. The quantitative estimate of drug-likeness (QED) is 0.358. The lowest BCUT2D eigenvalue weighted by Gasteiger charge is -2.08. The van der Waals surface area contributed by atoms with Crippen LogP contribution in [0.3, 0.4) is 0 Å². The molecule has 0 heterocycles. The molecular formula is C20H13I2N. The second-order valence-corrected chi connectivity index (χ2v) is 7.69. The first-order chi connectivity index (χ1) is 11.1. The summed E-state index contributed by atoms with van der Waals surface area (Å²) in [5.74, 6) is 0. The molecule has 3 aromatic carbocycles. The molecule has 0 aliphatic carbocycles. The molecule has 0 aliphatic heterocycles. The summed E-state index contributed by atoms with van der Waals surface area (Å²) in [5, 5.41) is 9.18. The summed E-state index contributed by atoms with van der Waals surface area (Å²) in [6.07, 6.45) is 0. The first kappa shape index (κ1) is 16.5. The minimum absolute atomic E-state index is 0.756. The van der Waals surface area contributed by atoms with Gasteiger partial charge in [-0.2, -0.15) is 5.26 Å². The van der Waals surface area contributed by atoms with Crippen LogP contribution in [-0.2, 0) is 0 Å². The SMILES string of the molecule is Cc1ccc(-c2ccc(-c3cc(I)c(C#N)c(I)c3)cc2)cc1. The van der Waals surface area contributed by atoms with Gasteiger partial charge in [0.1, 0.15) is 6.07 Å². The van der Waals surface area contributed by atoms with Crippen LogP contribution in [0.5, 0.6) is 0 Å². The lowest BCUT2D eigenvalue weighted by molar-refractivity contribution is 1.44. The van der Waals surface area contributed by atoms with Gasteiger partial charge in [-0.25, -0.2) is 0 Å². The first-order valence-electron chi connectivity index (χ1n) is 7.15. The van der Waals surface area contributed by atoms with Gasteiger partial charge in [-0.1, -0.05) is 54.1 Å². The van der Waals surface area contributed by atoms with Crippen molar-refractivity contribution in [2.75, 3.05) is 0 Å². The van der Waals surface area contributed by atoms with E-state index in [2.05, 4.69) is 119 Å². The molecular weight excluding hydrogens is 508 g/mol. The highest BCUT2D eigenvalue weighted by Gasteiger charge is 2.08. The van der Waals surface area contributed by atoms with Gasteiger partial charge >= 0.3 is 0 Å². The molecule has 0 saturated carbocycles. The predicted octanol–water partition coefficient (Wildman–Crippen LogP) is 6.41. The summed E-state index contributed by atoms with van der Waals surface area (Å²) in [7, 11) is 0. The van der Waals surface area contributed by atoms with Gasteiger partial charge in [-0.05, 0) is 86.5 Å². The standard InChI is InChI=1S/C20H13I2N/c1-13-2-4-14(5-3-13)15-6-8-16(9-7-15)17-10-19(21)18(12-23)20(22)11-17/h2-11H,1H3. The van der Waals surface area contributed by atoms with Gasteiger partial charge in [-0.3, -0.25) is 0 Å². The van der Waals surface area contributed by atoms with Crippen molar-refractivity contribution >= 4 is 45.2 Å². The second kappa shape index (κ2) is 7.02. The van der Waals surface area contributed by atoms with E-state index in [1.165, 1.54) is 22.3 Å². The van der Waals surface area contributed by atoms with Gasteiger partial charge in [0.2, 0.25) is 0 Å². The van der Waals surface area contributed by atoms with E-state index in [0.29, 0.717) is 0 Å². The van der Waals surface area contributed by atoms with Crippen LogP contribution in [-0.4, -0.2) is 0 Å². The Bertz CT molecular complexity index is 865. The molecule has 0 aromatic heterocycles. The summed E-state index contributed by atoms with van der Waals surface area (Å²) in [6.45, 7) is 2.10. The number of nitriles is 1. The van der Waals surface area contributed by atoms with Crippen molar-refractivity contribution in [3.05, 3.63) is 78.9 Å². The summed E-state index contributed by atoms with van der Waals surface area (Å²) >= 11 is 4.46. The summed E-state index contributed by atoms with van der Waals surface area (Å²) < 4.78 is 1.99. The Morgan fingerprint density at radius 2 is 1.09 bits per heavy atom. The highest BCUT2D eigenvalue weighted by Crippen LogP contribution is 2.29. The van der Waals surface area contributed by atoms with Crippen LogP contribution in [0, 0.1) is 25.4 Å². The molecule has 0 aliphatic rings. The molecule has 0 unspecified atom stereocenters. The molecule has 3 rings (SSSR count). The normalized spacial score (nSPS) is 10.3. The molecule has 23 heavy (non-hydrogen) atoms. The van der Waals surface area contributed by atoms with Gasteiger partial charge < -0.3 is 0 Å². The molecule has 0 spiro atoms. The second-order valence-electron chi connectivity index (χ2n) is 5.37. The van der Waals surface area contributed by atoms with E-state index in [1.807, 2.05) is 0 Å². The molecule has 0 atom stereocenters. The van der Waals surface area contributed by atoms with Crippen molar-refractivity contribution in [3.8, 4) is 28.3 Å². The molecule has 3 heteroatoms. The van der Waals surface area contributed by atoms with Crippen LogP contribution in [0.4, 0.5) is 0 Å². The lowest BCUT2D eigenvalue weighted by atomic mass is 9.99. The van der Waals surface area contributed by atoms with Crippen LogP contribution in [0.1, 0.15) is 11.1 Å². The lowest BCUT2D eigenvalue weighted by Crippen LogP contribution is -1.90. The molecule has 0 bridgehead atoms. The Balaban J connectivity index is 1.97. The third kappa shape index (κ3) is 3.59. The van der Waals surface area contributed by atoms with Crippen LogP contribution in [0.15, 0.2) is 60.7 Å².